The van der Waals surface area contributed by atoms with Crippen molar-refractivity contribution in [1.82, 2.24) is 5.32 Å². The summed E-state index contributed by atoms with van der Waals surface area (Å²) >= 11 is 0. The van der Waals surface area contributed by atoms with Crippen LogP contribution in [-0.4, -0.2) is 69.4 Å². The van der Waals surface area contributed by atoms with Crippen molar-refractivity contribution in [2.75, 3.05) is 40.9 Å². The number of phosphoric acid groups is 1. The van der Waals surface area contributed by atoms with E-state index in [9.17, 15) is 19.0 Å². The van der Waals surface area contributed by atoms with E-state index in [0.29, 0.717) is 17.4 Å². The first-order valence-corrected chi connectivity index (χ1v) is 41.4. The Hall–Kier alpha value is -2.03. The first-order chi connectivity index (χ1) is 44.4. The molecule has 0 aromatic carbocycles. The molecular weight excluding hydrogens is 1140 g/mol. The lowest BCUT2D eigenvalue weighted by Gasteiger charge is -2.30. The van der Waals surface area contributed by atoms with Crippen molar-refractivity contribution in [3.8, 4) is 0 Å². The molecule has 1 amide bonds. The summed E-state index contributed by atoms with van der Waals surface area (Å²) in [6.07, 6.45) is 91.1. The lowest BCUT2D eigenvalue weighted by atomic mass is 10.0. The summed E-state index contributed by atoms with van der Waals surface area (Å²) in [5, 5.41) is 3.06. The zero-order chi connectivity index (χ0) is 66.3. The molecule has 3 atom stereocenters. The van der Waals surface area contributed by atoms with E-state index in [1.165, 1.54) is 308 Å². The van der Waals surface area contributed by atoms with Crippen LogP contribution < -0.4 is 10.2 Å². The minimum absolute atomic E-state index is 0.0196. The van der Waals surface area contributed by atoms with Crippen LogP contribution in [0.25, 0.3) is 0 Å². The van der Waals surface area contributed by atoms with E-state index in [0.717, 1.165) is 64.2 Å². The lowest BCUT2D eigenvalue weighted by molar-refractivity contribution is -0.870. The Morgan fingerprint density at radius 3 is 1.02 bits per heavy atom. The van der Waals surface area contributed by atoms with Crippen LogP contribution in [0.5, 0.6) is 0 Å². The predicted molar refractivity (Wildman–Crippen MR) is 395 cm³/mol. The molecule has 0 spiro atoms. The zero-order valence-corrected chi connectivity index (χ0v) is 62.5. The van der Waals surface area contributed by atoms with E-state index < -0.39 is 20.0 Å². The lowest BCUT2D eigenvalue weighted by Crippen LogP contribution is -2.47. The molecule has 3 unspecified atom stereocenters. The van der Waals surface area contributed by atoms with Crippen molar-refractivity contribution < 1.29 is 37.3 Å². The van der Waals surface area contributed by atoms with Gasteiger partial charge in [0.1, 0.15) is 19.3 Å². The SMILES string of the molecule is CCCCC/C=C\C/C=C\CCCCCCCCCCCCCCCCCCCC(=O)OC(/C=C/CCCCCCCCCCCCC)C(COP(=O)([O-])OCC[N+](C)(C)C)NC(=O)CCCCCCCCCCCCCCCCC/C=C/CCCCCCCC. The maximum absolute atomic E-state index is 13.7. The van der Waals surface area contributed by atoms with Gasteiger partial charge < -0.3 is 28.5 Å². The van der Waals surface area contributed by atoms with Gasteiger partial charge in [0.25, 0.3) is 7.82 Å². The summed E-state index contributed by atoms with van der Waals surface area (Å²) in [4.78, 5) is 40.4. The fourth-order valence-electron chi connectivity index (χ4n) is 12.1. The second kappa shape index (κ2) is 70.8. The average molecular weight is 1300 g/mol. The van der Waals surface area contributed by atoms with Gasteiger partial charge in [0, 0.05) is 12.8 Å². The number of nitrogens with one attached hydrogen (secondary N) is 1. The summed E-state index contributed by atoms with van der Waals surface area (Å²) in [5.41, 5.74) is 0. The van der Waals surface area contributed by atoms with Gasteiger partial charge in [-0.1, -0.05) is 352 Å². The highest BCUT2D eigenvalue weighted by Crippen LogP contribution is 2.38. The average Bonchev–Trinajstić information content (AvgIpc) is 3.73. The molecule has 1 N–H and O–H groups in total. The number of hydrogen-bond donors (Lipinski definition) is 1. The third-order valence-electron chi connectivity index (χ3n) is 18.2. The fourth-order valence-corrected chi connectivity index (χ4v) is 12.8. The summed E-state index contributed by atoms with van der Waals surface area (Å²) in [5.74, 6) is -0.518. The summed E-state index contributed by atoms with van der Waals surface area (Å²) in [6.45, 7) is 6.89. The Kier molecular flexibility index (Phi) is 69.2. The number of phosphoric ester groups is 1. The molecule has 10 heteroatoms. The van der Waals surface area contributed by atoms with Gasteiger partial charge in [0.15, 0.2) is 0 Å². The maximum atomic E-state index is 13.7. The van der Waals surface area contributed by atoms with Gasteiger partial charge in [0.05, 0.1) is 33.8 Å². The molecule has 0 saturated heterocycles. The highest BCUT2D eigenvalue weighted by molar-refractivity contribution is 7.45. The van der Waals surface area contributed by atoms with Gasteiger partial charge in [0.2, 0.25) is 5.91 Å². The zero-order valence-electron chi connectivity index (χ0n) is 61.6. The van der Waals surface area contributed by atoms with Gasteiger partial charge >= 0.3 is 5.97 Å². The quantitative estimate of drug-likeness (QED) is 0.0212. The number of carbonyl (C=O) groups is 2. The number of esters is 1. The molecule has 0 aliphatic heterocycles. The van der Waals surface area contributed by atoms with Crippen molar-refractivity contribution in [3.63, 3.8) is 0 Å². The first kappa shape index (κ1) is 89.0. The molecule has 0 aliphatic carbocycles. The molecule has 0 rings (SSSR count). The summed E-state index contributed by atoms with van der Waals surface area (Å²) in [6, 6.07) is -0.887. The molecular formula is C81H155N2O7P. The van der Waals surface area contributed by atoms with Gasteiger partial charge in [-0.15, -0.1) is 0 Å². The van der Waals surface area contributed by atoms with Crippen molar-refractivity contribution >= 4 is 19.7 Å². The van der Waals surface area contributed by atoms with E-state index in [-0.39, 0.29) is 31.5 Å². The number of hydrogen-bond acceptors (Lipinski definition) is 7. The number of quaternary nitrogens is 1. The van der Waals surface area contributed by atoms with Gasteiger partial charge in [-0.05, 0) is 89.5 Å². The number of ether oxygens (including phenoxy) is 1. The number of unbranched alkanes of at least 4 members (excludes halogenated alkanes) is 52. The van der Waals surface area contributed by atoms with E-state index in [1.807, 2.05) is 33.3 Å². The van der Waals surface area contributed by atoms with Crippen LogP contribution in [0.15, 0.2) is 48.6 Å². The van der Waals surface area contributed by atoms with Crippen LogP contribution in [0.4, 0.5) is 0 Å². The molecule has 0 bridgehead atoms. The normalized spacial score (nSPS) is 13.6. The van der Waals surface area contributed by atoms with Crippen molar-refractivity contribution in [2.24, 2.45) is 0 Å². The topological polar surface area (TPSA) is 114 Å². The number of likely N-dealkylation sites (N-methyl/N-ethyl adjacent to an activating group) is 1. The largest absolute Gasteiger partial charge is 0.756 e. The van der Waals surface area contributed by atoms with Crippen molar-refractivity contribution in [1.29, 1.82) is 0 Å². The molecule has 9 nitrogen and oxygen atoms in total. The number of nitrogens with zero attached hydrogens (tertiary/aromatic N) is 1. The van der Waals surface area contributed by atoms with Crippen molar-refractivity contribution in [2.45, 2.75) is 418 Å². The highest BCUT2D eigenvalue weighted by Gasteiger charge is 2.27. The van der Waals surface area contributed by atoms with Gasteiger partial charge in [-0.3, -0.25) is 14.2 Å². The summed E-state index contributed by atoms with van der Waals surface area (Å²) < 4.78 is 30.6. The Balaban J connectivity index is 4.93. The second-order valence-corrected chi connectivity index (χ2v) is 30.0. The molecule has 0 saturated carbocycles. The monoisotopic (exact) mass is 1300 g/mol. The van der Waals surface area contributed by atoms with E-state index >= 15 is 0 Å². The Bertz CT molecular complexity index is 1690. The number of amides is 1. The van der Waals surface area contributed by atoms with E-state index in [2.05, 4.69) is 62.5 Å². The van der Waals surface area contributed by atoms with Crippen LogP contribution in [0.2, 0.25) is 0 Å². The maximum Gasteiger partial charge on any atom is 0.306 e. The highest BCUT2D eigenvalue weighted by atomic mass is 31.2. The molecule has 0 heterocycles. The second-order valence-electron chi connectivity index (χ2n) is 28.6. The van der Waals surface area contributed by atoms with Gasteiger partial charge in [-0.2, -0.15) is 0 Å². The standard InChI is InChI=1S/C81H155N2O7P/c1-7-10-13-16-19-22-25-28-30-32-34-36-38-40-41-43-45-47-49-51-53-56-59-62-65-68-71-74-81(85)90-79(72-69-66-63-60-57-54-27-24-21-18-15-12-9-3)78(77-89-91(86,87)88-76-75-83(4,5)6)82-80(84)73-70-67-64-61-58-55-52-50-48-46-44-42-39-37-35-33-31-29-26-23-20-17-14-11-8-2/h19,22,28-31,69,72,78-79H,7-18,20-21,23-27,32-68,70-71,73-77H2,1-6H3,(H-,82,84,86,87)/b22-19-,30-28-,31-29+,72-69+. The van der Waals surface area contributed by atoms with Crippen LogP contribution in [0.3, 0.4) is 0 Å². The number of allylic oxidation sites excluding steroid dienone is 7. The predicted octanol–water partition coefficient (Wildman–Crippen LogP) is 25.3. The Labute approximate surface area is 567 Å². The van der Waals surface area contributed by atoms with Crippen LogP contribution in [0.1, 0.15) is 406 Å². The molecule has 536 valence electrons. The minimum atomic E-state index is -4.71. The van der Waals surface area contributed by atoms with Crippen LogP contribution in [-0.2, 0) is 27.9 Å². The Morgan fingerprint density at radius 1 is 0.385 bits per heavy atom. The number of carbonyl (C=O) groups excluding carboxylic acids is 2. The molecule has 0 radical (unpaired) electrons. The van der Waals surface area contributed by atoms with Crippen LogP contribution >= 0.6 is 7.82 Å². The molecule has 0 aliphatic rings. The van der Waals surface area contributed by atoms with Crippen LogP contribution in [0, 0.1) is 0 Å². The molecule has 0 aromatic rings. The number of rotatable bonds is 74. The minimum Gasteiger partial charge on any atom is -0.756 e. The Morgan fingerprint density at radius 2 is 0.670 bits per heavy atom. The van der Waals surface area contributed by atoms with Crippen molar-refractivity contribution in [3.05, 3.63) is 48.6 Å². The fraction of sp³-hybridized carbons (Fsp3) is 0.877. The third kappa shape index (κ3) is 72.1. The summed E-state index contributed by atoms with van der Waals surface area (Å²) in [7, 11) is 1.21. The van der Waals surface area contributed by atoms with Gasteiger partial charge in [-0.25, -0.2) is 0 Å². The molecule has 0 fully saturated rings. The molecule has 91 heavy (non-hydrogen) atoms. The molecule has 0 aromatic heterocycles. The smallest absolute Gasteiger partial charge is 0.306 e. The van der Waals surface area contributed by atoms with E-state index in [1.54, 1.807) is 0 Å². The third-order valence-corrected chi connectivity index (χ3v) is 19.2. The van der Waals surface area contributed by atoms with E-state index in [4.69, 9.17) is 13.8 Å². The first-order valence-electron chi connectivity index (χ1n) is 39.9.